The molecule has 0 spiro atoms. The van der Waals surface area contributed by atoms with Crippen molar-refractivity contribution in [3.8, 4) is 0 Å². The number of carboxylic acids is 1. The number of hydrogen-bond donors (Lipinski definition) is 2. The van der Waals surface area contributed by atoms with Crippen LogP contribution in [-0.4, -0.2) is 54.7 Å². The predicted octanol–water partition coefficient (Wildman–Crippen LogP) is -0.717. The van der Waals surface area contributed by atoms with Crippen LogP contribution >= 0.6 is 0 Å². The van der Waals surface area contributed by atoms with Crippen LogP contribution in [0.25, 0.3) is 0 Å². The number of rotatable bonds is 4. The highest BCUT2D eigenvalue weighted by molar-refractivity contribution is 5.83. The Morgan fingerprint density at radius 2 is 2.25 bits per heavy atom. The van der Waals surface area contributed by atoms with Crippen molar-refractivity contribution in [1.29, 1.82) is 0 Å². The normalized spacial score (nSPS) is 29.1. The van der Waals surface area contributed by atoms with E-state index in [1.807, 2.05) is 0 Å². The maximum absolute atomic E-state index is 12.1. The quantitative estimate of drug-likeness (QED) is 0.665. The molecule has 1 aliphatic heterocycles. The summed E-state index contributed by atoms with van der Waals surface area (Å²) < 4.78 is 5.18. The second-order valence-corrected chi connectivity index (χ2v) is 4.41. The van der Waals surface area contributed by atoms with Crippen molar-refractivity contribution in [2.75, 3.05) is 26.8 Å². The zero-order valence-corrected chi connectivity index (χ0v) is 9.60. The largest absolute Gasteiger partial charge is 0.481 e. The van der Waals surface area contributed by atoms with Crippen LogP contribution in [0.3, 0.4) is 0 Å². The van der Waals surface area contributed by atoms with E-state index in [1.54, 1.807) is 14.0 Å². The maximum atomic E-state index is 12.1. The number of carbonyl (C=O) groups excluding carboxylic acids is 1. The van der Waals surface area contributed by atoms with Gasteiger partial charge in [0.2, 0.25) is 5.91 Å². The molecule has 92 valence electrons. The van der Waals surface area contributed by atoms with Gasteiger partial charge in [0.05, 0.1) is 25.0 Å². The molecule has 0 bridgehead atoms. The number of hydrogen-bond acceptors (Lipinski definition) is 4. The molecular formula is C10H18N2O4. The first kappa shape index (κ1) is 12.9. The summed E-state index contributed by atoms with van der Waals surface area (Å²) in [6, 6.07) is -0.327. The number of aliphatic carboxylic acids is 1. The molecule has 0 aromatic carbocycles. The Balaban J connectivity index is 2.59. The van der Waals surface area contributed by atoms with Gasteiger partial charge in [0.25, 0.3) is 0 Å². The highest BCUT2D eigenvalue weighted by Crippen LogP contribution is 2.29. The van der Waals surface area contributed by atoms with Gasteiger partial charge in [0.1, 0.15) is 0 Å². The Bertz CT molecular complexity index is 295. The number of amides is 1. The van der Waals surface area contributed by atoms with E-state index in [4.69, 9.17) is 15.6 Å². The van der Waals surface area contributed by atoms with E-state index >= 15 is 0 Å². The van der Waals surface area contributed by atoms with Gasteiger partial charge < -0.3 is 20.5 Å². The van der Waals surface area contributed by atoms with Crippen LogP contribution in [0.1, 0.15) is 13.3 Å². The summed E-state index contributed by atoms with van der Waals surface area (Å²) in [5.41, 5.74) is 5.09. The van der Waals surface area contributed by atoms with Gasteiger partial charge in [-0.25, -0.2) is 0 Å². The van der Waals surface area contributed by atoms with Crippen molar-refractivity contribution < 1.29 is 19.4 Å². The Morgan fingerprint density at radius 3 is 2.69 bits per heavy atom. The second kappa shape index (κ2) is 4.80. The average molecular weight is 230 g/mol. The lowest BCUT2D eigenvalue weighted by molar-refractivity contribution is -0.142. The summed E-state index contributed by atoms with van der Waals surface area (Å²) in [6.07, 6.45) is -0.0611. The van der Waals surface area contributed by atoms with Gasteiger partial charge in [0, 0.05) is 19.6 Å². The molecule has 1 aliphatic rings. The molecule has 6 nitrogen and oxygen atoms in total. The van der Waals surface area contributed by atoms with Crippen molar-refractivity contribution in [3.63, 3.8) is 0 Å². The number of nitrogens with two attached hydrogens (primary N) is 1. The minimum Gasteiger partial charge on any atom is -0.481 e. The Labute approximate surface area is 94.3 Å². The summed E-state index contributed by atoms with van der Waals surface area (Å²) in [5, 5.41) is 8.54. The minimum atomic E-state index is -0.920. The maximum Gasteiger partial charge on any atom is 0.305 e. The van der Waals surface area contributed by atoms with E-state index in [9.17, 15) is 9.59 Å². The van der Waals surface area contributed by atoms with E-state index in [0.29, 0.717) is 13.2 Å². The van der Waals surface area contributed by atoms with Crippen LogP contribution < -0.4 is 5.73 Å². The van der Waals surface area contributed by atoms with Gasteiger partial charge in [-0.15, -0.1) is 0 Å². The highest BCUT2D eigenvalue weighted by Gasteiger charge is 2.45. The van der Waals surface area contributed by atoms with Crippen molar-refractivity contribution in [2.45, 2.75) is 19.4 Å². The molecule has 2 unspecified atom stereocenters. The SMILES string of the molecule is CN(CCC(=O)O)C(=O)C1(C)COCC1N. The predicted molar refractivity (Wildman–Crippen MR) is 56.8 cm³/mol. The molecule has 0 aromatic rings. The van der Waals surface area contributed by atoms with Gasteiger partial charge in [-0.1, -0.05) is 0 Å². The van der Waals surface area contributed by atoms with E-state index in [2.05, 4.69) is 0 Å². The molecule has 1 amide bonds. The first-order valence-electron chi connectivity index (χ1n) is 5.18. The second-order valence-electron chi connectivity index (χ2n) is 4.41. The van der Waals surface area contributed by atoms with Crippen molar-refractivity contribution >= 4 is 11.9 Å². The molecule has 3 N–H and O–H groups in total. The lowest BCUT2D eigenvalue weighted by Gasteiger charge is -2.30. The Hall–Kier alpha value is -1.14. The number of nitrogens with zero attached hydrogens (tertiary/aromatic N) is 1. The first-order valence-corrected chi connectivity index (χ1v) is 5.18. The lowest BCUT2D eigenvalue weighted by atomic mass is 9.84. The molecular weight excluding hydrogens is 212 g/mol. The first-order chi connectivity index (χ1) is 7.38. The van der Waals surface area contributed by atoms with E-state index in [-0.39, 0.29) is 24.9 Å². The van der Waals surface area contributed by atoms with E-state index in [0.717, 1.165) is 0 Å². The average Bonchev–Trinajstić information content (AvgIpc) is 2.56. The third-order valence-corrected chi connectivity index (χ3v) is 3.01. The summed E-state index contributed by atoms with van der Waals surface area (Å²) in [4.78, 5) is 23.9. The fourth-order valence-electron chi connectivity index (χ4n) is 1.71. The Kier molecular flexibility index (Phi) is 3.88. The molecule has 1 saturated heterocycles. The van der Waals surface area contributed by atoms with Gasteiger partial charge in [-0.05, 0) is 6.92 Å². The molecule has 1 rings (SSSR count). The molecule has 1 heterocycles. The summed E-state index contributed by atoms with van der Waals surface area (Å²) in [6.45, 7) is 2.61. The van der Waals surface area contributed by atoms with Crippen LogP contribution in [0.4, 0.5) is 0 Å². The molecule has 0 aromatic heterocycles. The van der Waals surface area contributed by atoms with Gasteiger partial charge in [0.15, 0.2) is 0 Å². The zero-order chi connectivity index (χ0) is 12.3. The smallest absolute Gasteiger partial charge is 0.305 e. The van der Waals surface area contributed by atoms with Crippen molar-refractivity contribution in [1.82, 2.24) is 4.90 Å². The number of carbonyl (C=O) groups is 2. The summed E-state index contributed by atoms with van der Waals surface area (Å²) in [5.74, 6) is -1.07. The standard InChI is InChI=1S/C10H18N2O4/c1-10(6-16-5-7(10)11)9(15)12(2)4-3-8(13)14/h7H,3-6,11H2,1-2H3,(H,13,14). The molecule has 0 aliphatic carbocycles. The van der Waals surface area contributed by atoms with E-state index in [1.165, 1.54) is 4.90 Å². The van der Waals surface area contributed by atoms with Gasteiger partial charge >= 0.3 is 5.97 Å². The van der Waals surface area contributed by atoms with Crippen molar-refractivity contribution in [3.05, 3.63) is 0 Å². The third kappa shape index (κ3) is 2.51. The highest BCUT2D eigenvalue weighted by atomic mass is 16.5. The van der Waals surface area contributed by atoms with Crippen LogP contribution in [0.5, 0.6) is 0 Å². The molecule has 0 radical (unpaired) electrons. The van der Waals surface area contributed by atoms with Crippen LogP contribution in [0.15, 0.2) is 0 Å². The van der Waals surface area contributed by atoms with Crippen molar-refractivity contribution in [2.24, 2.45) is 11.1 Å². The lowest BCUT2D eigenvalue weighted by Crippen LogP contribution is -2.50. The summed E-state index contributed by atoms with van der Waals surface area (Å²) >= 11 is 0. The summed E-state index contributed by atoms with van der Waals surface area (Å²) in [7, 11) is 1.58. The topological polar surface area (TPSA) is 92.9 Å². The van der Waals surface area contributed by atoms with Crippen LogP contribution in [0, 0.1) is 5.41 Å². The molecule has 2 atom stereocenters. The molecule has 16 heavy (non-hydrogen) atoms. The fourth-order valence-corrected chi connectivity index (χ4v) is 1.71. The van der Waals surface area contributed by atoms with Crippen LogP contribution in [-0.2, 0) is 14.3 Å². The Morgan fingerprint density at radius 1 is 1.62 bits per heavy atom. The molecule has 0 saturated carbocycles. The van der Waals surface area contributed by atoms with Crippen LogP contribution in [0.2, 0.25) is 0 Å². The number of carboxylic acid groups (broad SMARTS) is 1. The van der Waals surface area contributed by atoms with Gasteiger partial charge in [-0.3, -0.25) is 9.59 Å². The minimum absolute atomic E-state index is 0.0611. The van der Waals surface area contributed by atoms with E-state index < -0.39 is 11.4 Å². The monoisotopic (exact) mass is 230 g/mol. The number of ether oxygens (including phenoxy) is 1. The fraction of sp³-hybridized carbons (Fsp3) is 0.800. The third-order valence-electron chi connectivity index (χ3n) is 3.01. The molecule has 6 heteroatoms. The van der Waals surface area contributed by atoms with Gasteiger partial charge in [-0.2, -0.15) is 0 Å². The zero-order valence-electron chi connectivity index (χ0n) is 9.60. The molecule has 1 fully saturated rings.